The summed E-state index contributed by atoms with van der Waals surface area (Å²) < 4.78 is 5.97. The average Bonchev–Trinajstić information content (AvgIpc) is 2.45. The van der Waals surface area contributed by atoms with Gasteiger partial charge in [-0.3, -0.25) is 0 Å². The molecule has 0 radical (unpaired) electrons. The molecule has 15 heavy (non-hydrogen) atoms. The summed E-state index contributed by atoms with van der Waals surface area (Å²) in [7, 11) is 0. The second-order valence-corrected chi connectivity index (χ2v) is 4.25. The molecule has 1 aromatic heterocycles. The van der Waals surface area contributed by atoms with E-state index in [9.17, 15) is 0 Å². The predicted octanol–water partition coefficient (Wildman–Crippen LogP) is 4.14. The van der Waals surface area contributed by atoms with Gasteiger partial charge in [-0.25, -0.2) is 0 Å². The van der Waals surface area contributed by atoms with E-state index in [1.807, 2.05) is 0 Å². The summed E-state index contributed by atoms with van der Waals surface area (Å²) >= 11 is 0. The fraction of sp³-hybridized carbons (Fsp3) is 0.571. The summed E-state index contributed by atoms with van der Waals surface area (Å²) in [4.78, 5) is 0. The first kappa shape index (κ1) is 10.5. The molecule has 0 saturated heterocycles. The Hall–Kier alpha value is -0.980. The lowest BCUT2D eigenvalue weighted by Gasteiger charge is -1.98. The van der Waals surface area contributed by atoms with Crippen LogP contribution in [-0.4, -0.2) is 0 Å². The van der Waals surface area contributed by atoms with Gasteiger partial charge in [0.25, 0.3) is 0 Å². The van der Waals surface area contributed by atoms with E-state index in [1.54, 1.807) is 0 Å². The molecule has 1 heteroatoms. The monoisotopic (exact) mass is 204 g/mol. The highest BCUT2D eigenvalue weighted by molar-refractivity contribution is 5.57. The van der Waals surface area contributed by atoms with Crippen LogP contribution in [0.2, 0.25) is 0 Å². The Kier molecular flexibility index (Phi) is 3.30. The second kappa shape index (κ2) is 4.69. The van der Waals surface area contributed by atoms with E-state index in [4.69, 9.17) is 4.42 Å². The van der Waals surface area contributed by atoms with E-state index in [1.165, 1.54) is 48.3 Å². The SMILES string of the molecule is C/C=C\c1c(CC)oc2c1CCCCC2. The van der Waals surface area contributed by atoms with Crippen LogP contribution in [0.4, 0.5) is 0 Å². The average molecular weight is 204 g/mol. The largest absolute Gasteiger partial charge is 0.465 e. The Bertz CT molecular complexity index is 358. The molecule has 1 aliphatic carbocycles. The highest BCUT2D eigenvalue weighted by Crippen LogP contribution is 2.30. The van der Waals surface area contributed by atoms with Crippen LogP contribution in [0, 0.1) is 0 Å². The van der Waals surface area contributed by atoms with Crippen LogP contribution in [0.1, 0.15) is 55.8 Å². The quantitative estimate of drug-likeness (QED) is 0.660. The van der Waals surface area contributed by atoms with Crippen molar-refractivity contribution in [2.24, 2.45) is 0 Å². The molecule has 82 valence electrons. The first-order valence-electron chi connectivity index (χ1n) is 6.13. The molecule has 0 spiro atoms. The zero-order valence-corrected chi connectivity index (χ0v) is 9.81. The Morgan fingerprint density at radius 3 is 2.73 bits per heavy atom. The molecule has 1 nitrogen and oxygen atoms in total. The molecule has 1 aliphatic rings. The molecule has 1 heterocycles. The summed E-state index contributed by atoms with van der Waals surface area (Å²) in [5.74, 6) is 2.44. The third kappa shape index (κ3) is 2.01. The maximum atomic E-state index is 5.97. The minimum Gasteiger partial charge on any atom is -0.465 e. The number of fused-ring (bicyclic) bond motifs is 1. The molecule has 0 bridgehead atoms. The van der Waals surface area contributed by atoms with E-state index in [0.717, 1.165) is 12.8 Å². The van der Waals surface area contributed by atoms with Crippen LogP contribution >= 0.6 is 0 Å². The van der Waals surface area contributed by atoms with Gasteiger partial charge in [-0.2, -0.15) is 0 Å². The fourth-order valence-corrected chi connectivity index (χ4v) is 2.45. The van der Waals surface area contributed by atoms with Crippen molar-refractivity contribution in [2.45, 2.75) is 52.4 Å². The molecule has 2 rings (SSSR count). The molecule has 1 aromatic rings. The van der Waals surface area contributed by atoms with Gasteiger partial charge in [-0.1, -0.05) is 25.5 Å². The molecular formula is C14H20O. The number of hydrogen-bond acceptors (Lipinski definition) is 1. The van der Waals surface area contributed by atoms with E-state index in [0.29, 0.717) is 0 Å². The van der Waals surface area contributed by atoms with Crippen molar-refractivity contribution in [2.75, 3.05) is 0 Å². The van der Waals surface area contributed by atoms with Gasteiger partial charge in [-0.05, 0) is 26.2 Å². The van der Waals surface area contributed by atoms with Crippen LogP contribution < -0.4 is 0 Å². The topological polar surface area (TPSA) is 13.1 Å². The number of allylic oxidation sites excluding steroid dienone is 1. The van der Waals surface area contributed by atoms with Crippen LogP contribution in [-0.2, 0) is 19.3 Å². The van der Waals surface area contributed by atoms with Crippen molar-refractivity contribution in [3.05, 3.63) is 28.7 Å². The van der Waals surface area contributed by atoms with Gasteiger partial charge in [0.05, 0.1) is 0 Å². The van der Waals surface area contributed by atoms with Gasteiger partial charge in [-0.15, -0.1) is 0 Å². The van der Waals surface area contributed by atoms with Crippen LogP contribution in [0.3, 0.4) is 0 Å². The molecule has 0 saturated carbocycles. The Morgan fingerprint density at radius 2 is 2.00 bits per heavy atom. The zero-order chi connectivity index (χ0) is 10.7. The standard InChI is InChI=1S/C14H20O/c1-3-8-11-12-9-6-5-7-10-14(12)15-13(11)4-2/h3,8H,4-7,9-10H2,1-2H3/b8-3-. The summed E-state index contributed by atoms with van der Waals surface area (Å²) in [5.41, 5.74) is 2.86. The predicted molar refractivity (Wildman–Crippen MR) is 64.1 cm³/mol. The molecule has 0 aromatic carbocycles. The smallest absolute Gasteiger partial charge is 0.111 e. The normalized spacial score (nSPS) is 16.7. The fourth-order valence-electron chi connectivity index (χ4n) is 2.45. The lowest BCUT2D eigenvalue weighted by Crippen LogP contribution is -1.88. The highest BCUT2D eigenvalue weighted by atomic mass is 16.3. The van der Waals surface area contributed by atoms with Crippen molar-refractivity contribution < 1.29 is 4.42 Å². The van der Waals surface area contributed by atoms with E-state index >= 15 is 0 Å². The Labute approximate surface area is 92.2 Å². The molecule has 0 unspecified atom stereocenters. The summed E-state index contributed by atoms with van der Waals surface area (Å²) in [6.07, 6.45) is 11.6. The third-order valence-electron chi connectivity index (χ3n) is 3.19. The highest BCUT2D eigenvalue weighted by Gasteiger charge is 2.18. The third-order valence-corrected chi connectivity index (χ3v) is 3.19. The first-order valence-corrected chi connectivity index (χ1v) is 6.13. The molecule has 0 N–H and O–H groups in total. The van der Waals surface area contributed by atoms with E-state index < -0.39 is 0 Å². The van der Waals surface area contributed by atoms with Crippen molar-refractivity contribution in [3.8, 4) is 0 Å². The Morgan fingerprint density at radius 1 is 1.20 bits per heavy atom. The molecular weight excluding hydrogens is 184 g/mol. The number of rotatable bonds is 2. The van der Waals surface area contributed by atoms with E-state index in [-0.39, 0.29) is 0 Å². The first-order chi connectivity index (χ1) is 7.36. The summed E-state index contributed by atoms with van der Waals surface area (Å²) in [5, 5.41) is 0. The molecule has 0 fully saturated rings. The van der Waals surface area contributed by atoms with Crippen molar-refractivity contribution in [1.29, 1.82) is 0 Å². The lowest BCUT2D eigenvalue weighted by molar-refractivity contribution is 0.463. The molecule has 0 amide bonds. The minimum atomic E-state index is 1.01. The second-order valence-electron chi connectivity index (χ2n) is 4.25. The minimum absolute atomic E-state index is 1.01. The summed E-state index contributed by atoms with van der Waals surface area (Å²) in [6, 6.07) is 0. The van der Waals surface area contributed by atoms with Gasteiger partial charge < -0.3 is 4.42 Å². The van der Waals surface area contributed by atoms with Gasteiger partial charge in [0.2, 0.25) is 0 Å². The van der Waals surface area contributed by atoms with Gasteiger partial charge in [0.15, 0.2) is 0 Å². The number of furan rings is 1. The summed E-state index contributed by atoms with van der Waals surface area (Å²) in [6.45, 7) is 4.25. The van der Waals surface area contributed by atoms with Crippen molar-refractivity contribution in [3.63, 3.8) is 0 Å². The van der Waals surface area contributed by atoms with Crippen LogP contribution in [0.15, 0.2) is 10.5 Å². The van der Waals surface area contributed by atoms with Gasteiger partial charge >= 0.3 is 0 Å². The zero-order valence-electron chi connectivity index (χ0n) is 9.81. The van der Waals surface area contributed by atoms with Crippen LogP contribution in [0.25, 0.3) is 6.08 Å². The van der Waals surface area contributed by atoms with Gasteiger partial charge in [0, 0.05) is 24.0 Å². The number of aryl methyl sites for hydroxylation is 2. The van der Waals surface area contributed by atoms with Crippen LogP contribution in [0.5, 0.6) is 0 Å². The van der Waals surface area contributed by atoms with Gasteiger partial charge in [0.1, 0.15) is 11.5 Å². The molecule has 0 atom stereocenters. The van der Waals surface area contributed by atoms with Crippen molar-refractivity contribution >= 4 is 6.08 Å². The maximum absolute atomic E-state index is 5.97. The van der Waals surface area contributed by atoms with Crippen molar-refractivity contribution in [1.82, 2.24) is 0 Å². The number of hydrogen-bond donors (Lipinski definition) is 0. The maximum Gasteiger partial charge on any atom is 0.111 e. The van der Waals surface area contributed by atoms with E-state index in [2.05, 4.69) is 26.0 Å². The lowest BCUT2D eigenvalue weighted by atomic mass is 10.0. The molecule has 0 aliphatic heterocycles. The Balaban J connectivity index is 2.44.